The molecule has 2 aromatic carbocycles. The lowest BCUT2D eigenvalue weighted by Crippen LogP contribution is -2.49. The maximum Gasteiger partial charge on any atom is 0.243 e. The summed E-state index contributed by atoms with van der Waals surface area (Å²) < 4.78 is 26.0. The summed E-state index contributed by atoms with van der Waals surface area (Å²) in [7, 11) is -3.67. The Labute approximate surface area is 166 Å². The highest BCUT2D eigenvalue weighted by Crippen LogP contribution is 2.25. The largest absolute Gasteiger partial charge is 0.354 e. The second-order valence-electron chi connectivity index (χ2n) is 6.52. The third-order valence-corrected chi connectivity index (χ3v) is 5.76. The van der Waals surface area contributed by atoms with Crippen molar-refractivity contribution in [3.8, 4) is 0 Å². The Morgan fingerprint density at radius 3 is 2.37 bits per heavy atom. The molecule has 5 nitrogen and oxygen atoms in total. The molecule has 2 atom stereocenters. The molecule has 0 aliphatic rings. The summed E-state index contributed by atoms with van der Waals surface area (Å²) in [5.41, 5.74) is 1.49. The molecule has 0 aromatic heterocycles. The minimum Gasteiger partial charge on any atom is -0.354 e. The van der Waals surface area contributed by atoms with Gasteiger partial charge in [0.1, 0.15) is 6.04 Å². The van der Waals surface area contributed by atoms with Crippen molar-refractivity contribution in [3.63, 3.8) is 0 Å². The zero-order valence-corrected chi connectivity index (χ0v) is 17.3. The lowest BCUT2D eigenvalue weighted by atomic mass is 10.0. The molecule has 0 saturated heterocycles. The van der Waals surface area contributed by atoms with E-state index in [1.54, 1.807) is 31.2 Å². The van der Waals surface area contributed by atoms with Crippen molar-refractivity contribution in [3.05, 3.63) is 65.2 Å². The fourth-order valence-electron chi connectivity index (χ4n) is 2.94. The number of nitrogens with zero attached hydrogens (tertiary/aromatic N) is 1. The second-order valence-corrected chi connectivity index (χ2v) is 8.82. The van der Waals surface area contributed by atoms with E-state index >= 15 is 0 Å². The third kappa shape index (κ3) is 5.71. The predicted octanol–water partition coefficient (Wildman–Crippen LogP) is 3.80. The average Bonchev–Trinajstić information content (AvgIpc) is 2.63. The summed E-state index contributed by atoms with van der Waals surface area (Å²) in [5, 5.41) is 3.30. The maximum atomic E-state index is 12.8. The molecule has 0 aliphatic carbocycles. The topological polar surface area (TPSA) is 66.5 Å². The second kappa shape index (κ2) is 9.24. The van der Waals surface area contributed by atoms with E-state index in [4.69, 9.17) is 11.6 Å². The molecule has 1 N–H and O–H groups in total. The van der Waals surface area contributed by atoms with E-state index in [9.17, 15) is 13.2 Å². The number of hydrogen-bond acceptors (Lipinski definition) is 3. The van der Waals surface area contributed by atoms with Gasteiger partial charge in [-0.2, -0.15) is 0 Å². The van der Waals surface area contributed by atoms with Crippen molar-refractivity contribution in [2.45, 2.75) is 32.2 Å². The predicted molar refractivity (Wildman–Crippen MR) is 111 cm³/mol. The van der Waals surface area contributed by atoms with Crippen LogP contribution < -0.4 is 9.62 Å². The normalized spacial score (nSPS) is 13.6. The molecule has 0 saturated carbocycles. The summed E-state index contributed by atoms with van der Waals surface area (Å²) >= 11 is 6.01. The zero-order chi connectivity index (χ0) is 20.0. The molecule has 7 heteroatoms. The van der Waals surface area contributed by atoms with Crippen LogP contribution in [0.2, 0.25) is 5.02 Å². The first-order chi connectivity index (χ1) is 12.7. The van der Waals surface area contributed by atoms with Crippen molar-refractivity contribution in [2.24, 2.45) is 0 Å². The van der Waals surface area contributed by atoms with E-state index in [1.165, 1.54) is 0 Å². The molecule has 0 fully saturated rings. The van der Waals surface area contributed by atoms with Crippen LogP contribution in [0.25, 0.3) is 0 Å². The van der Waals surface area contributed by atoms with Gasteiger partial charge >= 0.3 is 0 Å². The van der Waals surface area contributed by atoms with Crippen molar-refractivity contribution in [1.29, 1.82) is 0 Å². The van der Waals surface area contributed by atoms with Gasteiger partial charge in [-0.3, -0.25) is 9.10 Å². The zero-order valence-electron chi connectivity index (χ0n) is 15.7. The monoisotopic (exact) mass is 408 g/mol. The molecule has 27 heavy (non-hydrogen) atoms. The summed E-state index contributed by atoms with van der Waals surface area (Å²) in [4.78, 5) is 12.8. The van der Waals surface area contributed by atoms with Gasteiger partial charge < -0.3 is 5.32 Å². The molecule has 2 rings (SSSR count). The highest BCUT2D eigenvalue weighted by atomic mass is 35.5. The number of rotatable bonds is 8. The van der Waals surface area contributed by atoms with Gasteiger partial charge in [-0.25, -0.2) is 8.42 Å². The first kappa shape index (κ1) is 21.3. The van der Waals surface area contributed by atoms with Crippen LogP contribution in [0.3, 0.4) is 0 Å². The molecule has 0 aliphatic heterocycles. The van der Waals surface area contributed by atoms with Crippen molar-refractivity contribution in [1.82, 2.24) is 5.32 Å². The highest BCUT2D eigenvalue weighted by Gasteiger charge is 2.31. The maximum absolute atomic E-state index is 12.8. The van der Waals surface area contributed by atoms with Crippen LogP contribution in [0.1, 0.15) is 31.7 Å². The molecule has 0 heterocycles. The Morgan fingerprint density at radius 1 is 1.15 bits per heavy atom. The summed E-state index contributed by atoms with van der Waals surface area (Å²) in [6, 6.07) is 15.5. The smallest absolute Gasteiger partial charge is 0.243 e. The Bertz CT molecular complexity index is 872. The van der Waals surface area contributed by atoms with Crippen molar-refractivity contribution < 1.29 is 13.2 Å². The molecular formula is C20H25ClN2O3S. The SMILES string of the molecule is CC[C@H](C(=O)NC[C@H](C)c1ccccc1)N(c1cccc(Cl)c1)S(C)(=O)=O. The fraction of sp³-hybridized carbons (Fsp3) is 0.350. The van der Waals surface area contributed by atoms with Crippen molar-refractivity contribution >= 4 is 33.2 Å². The molecule has 0 unspecified atom stereocenters. The average molecular weight is 409 g/mol. The summed E-state index contributed by atoms with van der Waals surface area (Å²) in [6.45, 7) is 4.22. The standard InChI is InChI=1S/C20H25ClN2O3S/c1-4-19(20(24)22-14-15(2)16-9-6-5-7-10-16)23(27(3,25)26)18-12-8-11-17(21)13-18/h5-13,15,19H,4,14H2,1-3H3,(H,22,24)/t15-,19+/m0/s1. The van der Waals surface area contributed by atoms with Gasteiger partial charge in [0, 0.05) is 11.6 Å². The number of sulfonamides is 1. The minimum atomic E-state index is -3.67. The van der Waals surface area contributed by atoms with Crippen LogP contribution in [-0.4, -0.2) is 33.2 Å². The van der Waals surface area contributed by atoms with Crippen LogP contribution >= 0.6 is 11.6 Å². The van der Waals surface area contributed by atoms with Gasteiger partial charge in [-0.1, -0.05) is 61.8 Å². The van der Waals surface area contributed by atoms with Crippen LogP contribution in [-0.2, 0) is 14.8 Å². The minimum absolute atomic E-state index is 0.116. The molecule has 146 valence electrons. The summed E-state index contributed by atoms with van der Waals surface area (Å²) in [5.74, 6) is -0.212. The van der Waals surface area contributed by atoms with Crippen molar-refractivity contribution in [2.75, 3.05) is 17.1 Å². The van der Waals surface area contributed by atoms with Crippen LogP contribution in [0, 0.1) is 0 Å². The first-order valence-corrected chi connectivity index (χ1v) is 11.0. The number of nitrogens with one attached hydrogen (secondary N) is 1. The van der Waals surface area contributed by atoms with E-state index in [-0.39, 0.29) is 11.8 Å². The number of hydrogen-bond donors (Lipinski definition) is 1. The number of amides is 1. The van der Waals surface area contributed by atoms with Gasteiger partial charge in [0.25, 0.3) is 0 Å². The number of anilines is 1. The van der Waals surface area contributed by atoms with Gasteiger partial charge in [-0.05, 0) is 36.1 Å². The molecule has 1 amide bonds. The van der Waals surface area contributed by atoms with Gasteiger partial charge in [0.05, 0.1) is 11.9 Å². The number of benzene rings is 2. The van der Waals surface area contributed by atoms with E-state index in [0.717, 1.165) is 16.1 Å². The lowest BCUT2D eigenvalue weighted by Gasteiger charge is -2.30. The Morgan fingerprint density at radius 2 is 1.81 bits per heavy atom. The van der Waals surface area contributed by atoms with Gasteiger partial charge in [0.2, 0.25) is 15.9 Å². The van der Waals surface area contributed by atoms with Gasteiger partial charge in [-0.15, -0.1) is 0 Å². The molecule has 0 bridgehead atoms. The van der Waals surface area contributed by atoms with E-state index in [1.807, 2.05) is 37.3 Å². The van der Waals surface area contributed by atoms with Crippen LogP contribution in [0.5, 0.6) is 0 Å². The van der Waals surface area contributed by atoms with E-state index in [2.05, 4.69) is 5.32 Å². The highest BCUT2D eigenvalue weighted by molar-refractivity contribution is 7.92. The fourth-order valence-corrected chi connectivity index (χ4v) is 4.33. The number of carbonyl (C=O) groups is 1. The number of halogens is 1. The quantitative estimate of drug-likeness (QED) is 0.722. The van der Waals surface area contributed by atoms with Crippen LogP contribution in [0.4, 0.5) is 5.69 Å². The summed E-state index contributed by atoms with van der Waals surface area (Å²) in [6.07, 6.45) is 1.43. The molecule has 0 spiro atoms. The van der Waals surface area contributed by atoms with Gasteiger partial charge in [0.15, 0.2) is 0 Å². The molecule has 0 radical (unpaired) electrons. The molecular weight excluding hydrogens is 384 g/mol. The molecule has 2 aromatic rings. The van der Waals surface area contributed by atoms with E-state index < -0.39 is 16.1 Å². The Hall–Kier alpha value is -2.05. The Kier molecular flexibility index (Phi) is 7.27. The first-order valence-electron chi connectivity index (χ1n) is 8.81. The number of carbonyl (C=O) groups excluding carboxylic acids is 1. The van der Waals surface area contributed by atoms with E-state index in [0.29, 0.717) is 23.7 Å². The third-order valence-electron chi connectivity index (χ3n) is 4.34. The van der Waals surface area contributed by atoms with Crippen LogP contribution in [0.15, 0.2) is 54.6 Å². The Balaban J connectivity index is 2.19. The lowest BCUT2D eigenvalue weighted by molar-refractivity contribution is -0.122.